The molecule has 2 aromatic rings. The van der Waals surface area contributed by atoms with Crippen LogP contribution in [0.1, 0.15) is 16.7 Å². The number of aryl methyl sites for hydroxylation is 2. The average molecular weight is 326 g/mol. The number of nitrogens with one attached hydrogen (secondary N) is 1. The van der Waals surface area contributed by atoms with Crippen molar-refractivity contribution in [3.05, 3.63) is 63.1 Å². The first-order valence-corrected chi connectivity index (χ1v) is 6.72. The molecule has 0 aliphatic carbocycles. The van der Waals surface area contributed by atoms with Gasteiger partial charge in [0, 0.05) is 17.8 Å². The normalized spacial score (nSPS) is 10.6. The molecule has 0 aliphatic heterocycles. The van der Waals surface area contributed by atoms with E-state index in [1.807, 2.05) is 32.0 Å². The van der Waals surface area contributed by atoms with Gasteiger partial charge in [0.25, 0.3) is 0 Å². The highest BCUT2D eigenvalue weighted by Gasteiger charge is 2.12. The number of hydrogen-bond acceptors (Lipinski definition) is 1. The van der Waals surface area contributed by atoms with Gasteiger partial charge in [-0.1, -0.05) is 17.7 Å². The Kier molecular flexibility index (Phi) is 4.20. The van der Waals surface area contributed by atoms with Crippen molar-refractivity contribution in [3.8, 4) is 0 Å². The first-order valence-electron chi connectivity index (χ1n) is 5.92. The molecule has 0 aromatic heterocycles. The van der Waals surface area contributed by atoms with E-state index in [9.17, 15) is 8.78 Å². The lowest BCUT2D eigenvalue weighted by molar-refractivity contribution is 0.555. The zero-order chi connectivity index (χ0) is 14.0. The number of rotatable bonds is 3. The van der Waals surface area contributed by atoms with E-state index in [1.165, 1.54) is 12.1 Å². The van der Waals surface area contributed by atoms with Gasteiger partial charge >= 0.3 is 0 Å². The molecule has 0 spiro atoms. The summed E-state index contributed by atoms with van der Waals surface area (Å²) in [5.74, 6) is -1.10. The highest BCUT2D eigenvalue weighted by atomic mass is 79.9. The van der Waals surface area contributed by atoms with Crippen molar-refractivity contribution in [2.45, 2.75) is 20.4 Å². The second-order valence-electron chi connectivity index (χ2n) is 4.49. The van der Waals surface area contributed by atoms with Gasteiger partial charge in [-0.15, -0.1) is 0 Å². The molecule has 0 saturated heterocycles. The van der Waals surface area contributed by atoms with Crippen LogP contribution in [-0.2, 0) is 6.54 Å². The Morgan fingerprint density at radius 3 is 2.53 bits per heavy atom. The maximum absolute atomic E-state index is 13.8. The van der Waals surface area contributed by atoms with Gasteiger partial charge < -0.3 is 5.32 Å². The van der Waals surface area contributed by atoms with E-state index in [2.05, 4.69) is 21.2 Å². The van der Waals surface area contributed by atoms with Crippen LogP contribution in [0.25, 0.3) is 0 Å². The summed E-state index contributed by atoms with van der Waals surface area (Å²) in [6.07, 6.45) is 0. The van der Waals surface area contributed by atoms with E-state index < -0.39 is 11.6 Å². The van der Waals surface area contributed by atoms with Gasteiger partial charge in [0.1, 0.15) is 11.6 Å². The molecule has 0 fully saturated rings. The lowest BCUT2D eigenvalue weighted by Gasteiger charge is -2.12. The maximum atomic E-state index is 13.8. The van der Waals surface area contributed by atoms with E-state index in [0.717, 1.165) is 16.8 Å². The molecule has 100 valence electrons. The molecule has 0 radical (unpaired) electrons. The van der Waals surface area contributed by atoms with Gasteiger partial charge in [-0.3, -0.25) is 0 Å². The molecular weight excluding hydrogens is 312 g/mol. The van der Waals surface area contributed by atoms with Crippen molar-refractivity contribution in [2.24, 2.45) is 0 Å². The van der Waals surface area contributed by atoms with Crippen LogP contribution in [0.5, 0.6) is 0 Å². The number of halogens is 3. The molecule has 2 rings (SSSR count). The minimum absolute atomic E-state index is 0.0364. The molecule has 0 amide bonds. The van der Waals surface area contributed by atoms with Crippen LogP contribution in [0, 0.1) is 25.5 Å². The first kappa shape index (κ1) is 14.0. The van der Waals surface area contributed by atoms with Crippen LogP contribution in [0.2, 0.25) is 0 Å². The number of anilines is 1. The number of hydrogen-bond donors (Lipinski definition) is 1. The summed E-state index contributed by atoms with van der Waals surface area (Å²) in [5, 5.41) is 3.06. The van der Waals surface area contributed by atoms with Gasteiger partial charge in [-0.25, -0.2) is 8.78 Å². The van der Waals surface area contributed by atoms with Crippen LogP contribution in [0.3, 0.4) is 0 Å². The van der Waals surface area contributed by atoms with Gasteiger partial charge in [0.15, 0.2) is 0 Å². The van der Waals surface area contributed by atoms with Crippen molar-refractivity contribution in [1.29, 1.82) is 0 Å². The zero-order valence-corrected chi connectivity index (χ0v) is 12.3. The summed E-state index contributed by atoms with van der Waals surface area (Å²) >= 11 is 3.06. The Morgan fingerprint density at radius 2 is 1.84 bits per heavy atom. The quantitative estimate of drug-likeness (QED) is 0.787. The van der Waals surface area contributed by atoms with Crippen molar-refractivity contribution in [2.75, 3.05) is 5.32 Å². The van der Waals surface area contributed by atoms with Crippen molar-refractivity contribution >= 4 is 21.6 Å². The summed E-state index contributed by atoms with van der Waals surface area (Å²) in [6, 6.07) is 8.52. The predicted octanol–water partition coefficient (Wildman–Crippen LogP) is 4.96. The van der Waals surface area contributed by atoms with E-state index >= 15 is 0 Å². The molecule has 19 heavy (non-hydrogen) atoms. The second kappa shape index (κ2) is 5.70. The molecule has 0 atom stereocenters. The molecule has 0 bridgehead atoms. The zero-order valence-electron chi connectivity index (χ0n) is 10.7. The van der Waals surface area contributed by atoms with Gasteiger partial charge in [-0.2, -0.15) is 0 Å². The van der Waals surface area contributed by atoms with Gasteiger partial charge in [-0.05, 0) is 53.5 Å². The summed E-state index contributed by atoms with van der Waals surface area (Å²) in [6.45, 7) is 4.08. The lowest BCUT2D eigenvalue weighted by Crippen LogP contribution is -2.06. The molecule has 0 heterocycles. The topological polar surface area (TPSA) is 12.0 Å². The lowest BCUT2D eigenvalue weighted by atomic mass is 10.1. The fraction of sp³-hybridized carbons (Fsp3) is 0.200. The summed E-state index contributed by atoms with van der Waals surface area (Å²) in [7, 11) is 0. The van der Waals surface area contributed by atoms with Crippen molar-refractivity contribution < 1.29 is 8.78 Å². The molecule has 0 unspecified atom stereocenters. The summed E-state index contributed by atoms with van der Waals surface area (Å²) < 4.78 is 27.7. The second-order valence-corrected chi connectivity index (χ2v) is 5.35. The van der Waals surface area contributed by atoms with Crippen LogP contribution >= 0.6 is 15.9 Å². The maximum Gasteiger partial charge on any atom is 0.145 e. The molecule has 0 saturated carbocycles. The predicted molar refractivity (Wildman–Crippen MR) is 77.3 cm³/mol. The van der Waals surface area contributed by atoms with Crippen LogP contribution in [-0.4, -0.2) is 0 Å². The van der Waals surface area contributed by atoms with Gasteiger partial charge in [0.05, 0.1) is 4.47 Å². The first-order chi connectivity index (χ1) is 8.99. The third-order valence-electron chi connectivity index (χ3n) is 2.98. The fourth-order valence-corrected chi connectivity index (χ4v) is 2.30. The minimum Gasteiger partial charge on any atom is -0.381 e. The minimum atomic E-state index is -0.558. The van der Waals surface area contributed by atoms with E-state index in [1.54, 1.807) is 0 Å². The van der Waals surface area contributed by atoms with Gasteiger partial charge in [0.2, 0.25) is 0 Å². The largest absolute Gasteiger partial charge is 0.381 e. The van der Waals surface area contributed by atoms with Crippen molar-refractivity contribution in [3.63, 3.8) is 0 Å². The Balaban J connectivity index is 2.21. The molecule has 0 aliphatic rings. The molecule has 1 N–H and O–H groups in total. The Hall–Kier alpha value is -1.42. The van der Waals surface area contributed by atoms with Crippen LogP contribution in [0.4, 0.5) is 14.5 Å². The summed E-state index contributed by atoms with van der Waals surface area (Å²) in [5.41, 5.74) is 3.12. The fourth-order valence-electron chi connectivity index (χ4n) is 1.93. The molecular formula is C15H14BrF2N. The highest BCUT2D eigenvalue weighted by molar-refractivity contribution is 9.10. The summed E-state index contributed by atoms with van der Waals surface area (Å²) in [4.78, 5) is 0. The van der Waals surface area contributed by atoms with E-state index in [0.29, 0.717) is 0 Å². The van der Waals surface area contributed by atoms with Crippen LogP contribution in [0.15, 0.2) is 34.8 Å². The number of benzene rings is 2. The monoisotopic (exact) mass is 325 g/mol. The third-order valence-corrected chi connectivity index (χ3v) is 3.59. The van der Waals surface area contributed by atoms with E-state index in [-0.39, 0.29) is 16.6 Å². The SMILES string of the molecule is Cc1ccc(NCc2c(F)ccc(Br)c2F)c(C)c1. The Morgan fingerprint density at radius 1 is 1.11 bits per heavy atom. The van der Waals surface area contributed by atoms with E-state index in [4.69, 9.17) is 0 Å². The Labute approximate surface area is 119 Å². The molecule has 1 nitrogen and oxygen atoms in total. The smallest absolute Gasteiger partial charge is 0.145 e. The molecule has 4 heteroatoms. The standard InChI is InChI=1S/C15H14BrF2N/c1-9-3-6-14(10(2)7-9)19-8-11-13(17)5-4-12(16)15(11)18/h3-7,19H,8H2,1-2H3. The Bertz CT molecular complexity index is 611. The van der Waals surface area contributed by atoms with Crippen molar-refractivity contribution in [1.82, 2.24) is 0 Å². The van der Waals surface area contributed by atoms with Crippen LogP contribution < -0.4 is 5.32 Å². The molecule has 2 aromatic carbocycles. The average Bonchev–Trinajstić information content (AvgIpc) is 2.36. The third kappa shape index (κ3) is 3.13. The highest BCUT2D eigenvalue weighted by Crippen LogP contribution is 2.23.